The number of hydrogen-bond donors (Lipinski definition) is 2. The zero-order chi connectivity index (χ0) is 12.6. The molecule has 1 fully saturated rings. The van der Waals surface area contributed by atoms with E-state index in [1.165, 1.54) is 12.8 Å². The Morgan fingerprint density at radius 1 is 1.29 bits per heavy atom. The Labute approximate surface area is 104 Å². The fourth-order valence-corrected chi connectivity index (χ4v) is 3.41. The summed E-state index contributed by atoms with van der Waals surface area (Å²) >= 11 is 0. The van der Waals surface area contributed by atoms with E-state index in [-0.39, 0.29) is 17.9 Å². The van der Waals surface area contributed by atoms with Gasteiger partial charge in [-0.15, -0.1) is 0 Å². The van der Waals surface area contributed by atoms with Crippen molar-refractivity contribution in [3.8, 4) is 0 Å². The molecule has 0 saturated heterocycles. The number of nitrogens with one attached hydrogen (secondary N) is 1. The van der Waals surface area contributed by atoms with E-state index < -0.39 is 0 Å². The molecule has 0 radical (unpaired) electrons. The molecule has 2 bridgehead atoms. The highest BCUT2D eigenvalue weighted by molar-refractivity contribution is 5.80. The van der Waals surface area contributed by atoms with Crippen molar-refractivity contribution in [3.63, 3.8) is 0 Å². The van der Waals surface area contributed by atoms with Gasteiger partial charge in [-0.1, -0.05) is 26.0 Å². The van der Waals surface area contributed by atoms with Gasteiger partial charge in [-0.2, -0.15) is 0 Å². The molecule has 17 heavy (non-hydrogen) atoms. The molecule has 2 aliphatic carbocycles. The van der Waals surface area contributed by atoms with Gasteiger partial charge in [0.2, 0.25) is 5.91 Å². The minimum Gasteiger partial charge on any atom is -0.368 e. The van der Waals surface area contributed by atoms with Crippen LogP contribution in [0.25, 0.3) is 0 Å². The first-order valence-corrected chi connectivity index (χ1v) is 6.72. The van der Waals surface area contributed by atoms with Crippen LogP contribution in [0.5, 0.6) is 0 Å². The van der Waals surface area contributed by atoms with Crippen molar-refractivity contribution in [2.24, 2.45) is 29.4 Å². The largest absolute Gasteiger partial charge is 0.368 e. The molecule has 1 saturated carbocycles. The third kappa shape index (κ3) is 2.54. The number of primary amides is 1. The first kappa shape index (κ1) is 12.6. The summed E-state index contributed by atoms with van der Waals surface area (Å²) in [5, 5.41) is 3.43. The Morgan fingerprint density at radius 3 is 2.41 bits per heavy atom. The van der Waals surface area contributed by atoms with Crippen molar-refractivity contribution in [2.75, 3.05) is 0 Å². The van der Waals surface area contributed by atoms with Gasteiger partial charge in [0.15, 0.2) is 0 Å². The number of carbonyl (C=O) groups is 1. The molecule has 0 aromatic heterocycles. The second-order valence-corrected chi connectivity index (χ2v) is 6.02. The predicted octanol–water partition coefficient (Wildman–Crippen LogP) is 1.69. The number of rotatable bonds is 5. The zero-order valence-corrected chi connectivity index (χ0v) is 11.0. The van der Waals surface area contributed by atoms with Gasteiger partial charge in [-0.05, 0) is 43.4 Å². The Hall–Kier alpha value is -0.830. The van der Waals surface area contributed by atoms with E-state index in [0.717, 1.165) is 5.92 Å². The molecular weight excluding hydrogens is 212 g/mol. The summed E-state index contributed by atoms with van der Waals surface area (Å²) in [6.07, 6.45) is 7.27. The third-order valence-electron chi connectivity index (χ3n) is 4.39. The van der Waals surface area contributed by atoms with Crippen molar-refractivity contribution in [1.29, 1.82) is 0 Å². The van der Waals surface area contributed by atoms with Crippen LogP contribution in [-0.2, 0) is 4.79 Å². The summed E-state index contributed by atoms with van der Waals surface area (Å²) in [5.74, 6) is 2.18. The lowest BCUT2D eigenvalue weighted by Crippen LogP contribution is -2.51. The molecule has 1 amide bonds. The van der Waals surface area contributed by atoms with E-state index in [2.05, 4.69) is 24.4 Å². The van der Waals surface area contributed by atoms with Crippen LogP contribution in [0.2, 0.25) is 0 Å². The van der Waals surface area contributed by atoms with Crippen LogP contribution in [0, 0.1) is 23.7 Å². The van der Waals surface area contributed by atoms with E-state index in [0.29, 0.717) is 17.9 Å². The number of fused-ring (bicyclic) bond motifs is 2. The van der Waals surface area contributed by atoms with Crippen LogP contribution >= 0.6 is 0 Å². The monoisotopic (exact) mass is 236 g/mol. The van der Waals surface area contributed by atoms with Crippen molar-refractivity contribution in [3.05, 3.63) is 12.2 Å². The fourth-order valence-electron chi connectivity index (χ4n) is 3.41. The molecule has 5 unspecified atom stereocenters. The molecule has 0 aromatic carbocycles. The van der Waals surface area contributed by atoms with Crippen LogP contribution in [0.15, 0.2) is 12.2 Å². The average Bonchev–Trinajstić information content (AvgIpc) is 2.85. The molecule has 3 nitrogen and oxygen atoms in total. The van der Waals surface area contributed by atoms with E-state index in [9.17, 15) is 4.79 Å². The maximum Gasteiger partial charge on any atom is 0.234 e. The summed E-state index contributed by atoms with van der Waals surface area (Å²) in [6.45, 7) is 6.27. The first-order chi connectivity index (χ1) is 7.99. The van der Waals surface area contributed by atoms with Crippen molar-refractivity contribution in [1.82, 2.24) is 5.32 Å². The summed E-state index contributed by atoms with van der Waals surface area (Å²) < 4.78 is 0. The second-order valence-electron chi connectivity index (χ2n) is 6.02. The molecule has 2 aliphatic rings. The van der Waals surface area contributed by atoms with Gasteiger partial charge >= 0.3 is 0 Å². The number of nitrogens with two attached hydrogens (primary N) is 1. The SMILES string of the molecule is CC(C)C(NC(C)C1CC2C=CC1C2)C(N)=O. The van der Waals surface area contributed by atoms with Crippen LogP contribution in [0.3, 0.4) is 0 Å². The summed E-state index contributed by atoms with van der Waals surface area (Å²) in [6, 6.07) is 0.169. The van der Waals surface area contributed by atoms with Gasteiger partial charge in [0, 0.05) is 6.04 Å². The number of allylic oxidation sites excluding steroid dienone is 2. The van der Waals surface area contributed by atoms with E-state index in [4.69, 9.17) is 5.73 Å². The molecular formula is C14H24N2O. The van der Waals surface area contributed by atoms with Gasteiger partial charge in [-0.25, -0.2) is 0 Å². The maximum absolute atomic E-state index is 11.4. The first-order valence-electron chi connectivity index (χ1n) is 6.72. The van der Waals surface area contributed by atoms with Gasteiger partial charge in [0.25, 0.3) is 0 Å². The van der Waals surface area contributed by atoms with E-state index in [1.54, 1.807) is 0 Å². The Morgan fingerprint density at radius 2 is 2.00 bits per heavy atom. The lowest BCUT2D eigenvalue weighted by atomic mass is 9.86. The predicted molar refractivity (Wildman–Crippen MR) is 69.3 cm³/mol. The molecule has 96 valence electrons. The third-order valence-corrected chi connectivity index (χ3v) is 4.39. The minimum atomic E-state index is -0.231. The number of hydrogen-bond acceptors (Lipinski definition) is 2. The van der Waals surface area contributed by atoms with E-state index >= 15 is 0 Å². The molecule has 0 heterocycles. The average molecular weight is 236 g/mol. The Bertz CT molecular complexity index is 324. The molecule has 0 spiro atoms. The van der Waals surface area contributed by atoms with Crippen LogP contribution in [-0.4, -0.2) is 18.0 Å². The van der Waals surface area contributed by atoms with Gasteiger partial charge in [-0.3, -0.25) is 4.79 Å². The Balaban J connectivity index is 1.94. The normalized spacial score (nSPS) is 34.2. The quantitative estimate of drug-likeness (QED) is 0.714. The summed E-state index contributed by atoms with van der Waals surface area (Å²) in [7, 11) is 0. The van der Waals surface area contributed by atoms with Crippen molar-refractivity contribution in [2.45, 2.75) is 45.7 Å². The maximum atomic E-state index is 11.4. The van der Waals surface area contributed by atoms with E-state index in [1.807, 2.05) is 13.8 Å². The second kappa shape index (κ2) is 4.81. The van der Waals surface area contributed by atoms with Crippen molar-refractivity contribution < 1.29 is 4.79 Å². The summed E-state index contributed by atoms with van der Waals surface area (Å²) in [4.78, 5) is 11.4. The highest BCUT2D eigenvalue weighted by atomic mass is 16.1. The van der Waals surface area contributed by atoms with Crippen LogP contribution in [0.1, 0.15) is 33.6 Å². The minimum absolute atomic E-state index is 0.201. The molecule has 0 aliphatic heterocycles. The zero-order valence-electron chi connectivity index (χ0n) is 11.0. The summed E-state index contributed by atoms with van der Waals surface area (Å²) in [5.41, 5.74) is 5.45. The molecule has 0 aromatic rings. The highest BCUT2D eigenvalue weighted by Gasteiger charge is 2.39. The molecule has 3 heteroatoms. The smallest absolute Gasteiger partial charge is 0.234 e. The van der Waals surface area contributed by atoms with Gasteiger partial charge in [0.1, 0.15) is 0 Å². The standard InChI is InChI=1S/C14H24N2O/c1-8(2)13(14(15)17)16-9(3)12-7-10-4-5-11(12)6-10/h4-5,8-13,16H,6-7H2,1-3H3,(H2,15,17). The molecule has 2 rings (SSSR count). The van der Waals surface area contributed by atoms with Crippen molar-refractivity contribution >= 4 is 5.91 Å². The molecule has 5 atom stereocenters. The lowest BCUT2D eigenvalue weighted by molar-refractivity contribution is -0.121. The topological polar surface area (TPSA) is 55.1 Å². The molecule has 3 N–H and O–H groups in total. The number of amides is 1. The highest BCUT2D eigenvalue weighted by Crippen LogP contribution is 2.44. The lowest BCUT2D eigenvalue weighted by Gasteiger charge is -2.30. The van der Waals surface area contributed by atoms with Gasteiger partial charge < -0.3 is 11.1 Å². The number of carbonyl (C=O) groups excluding carboxylic acids is 1. The Kier molecular flexibility index (Phi) is 3.57. The van der Waals surface area contributed by atoms with Crippen LogP contribution < -0.4 is 11.1 Å². The van der Waals surface area contributed by atoms with Gasteiger partial charge in [0.05, 0.1) is 6.04 Å². The fraction of sp³-hybridized carbons (Fsp3) is 0.786. The van der Waals surface area contributed by atoms with Crippen LogP contribution in [0.4, 0.5) is 0 Å².